The van der Waals surface area contributed by atoms with Crippen molar-refractivity contribution in [3.05, 3.63) is 23.4 Å². The number of rotatable bonds is 4. The number of nitrogens with two attached hydrogens (primary N) is 1. The quantitative estimate of drug-likeness (QED) is 0.820. The van der Waals surface area contributed by atoms with E-state index in [1.807, 2.05) is 19.1 Å². The second-order valence-corrected chi connectivity index (χ2v) is 5.59. The van der Waals surface area contributed by atoms with Gasteiger partial charge in [0.15, 0.2) is 0 Å². The van der Waals surface area contributed by atoms with E-state index in [0.29, 0.717) is 10.9 Å². The molecule has 1 aliphatic rings. The summed E-state index contributed by atoms with van der Waals surface area (Å²) < 4.78 is 0. The van der Waals surface area contributed by atoms with Gasteiger partial charge >= 0.3 is 0 Å². The fourth-order valence-electron chi connectivity index (χ4n) is 2.65. The molecule has 19 heavy (non-hydrogen) atoms. The zero-order valence-electron chi connectivity index (χ0n) is 11.3. The Labute approximate surface area is 119 Å². The first-order valence-corrected chi connectivity index (χ1v) is 7.16. The number of aliphatic hydroxyl groups excluding tert-OH is 1. The van der Waals surface area contributed by atoms with Crippen LogP contribution in [0, 0.1) is 12.8 Å². The van der Waals surface area contributed by atoms with E-state index in [4.69, 9.17) is 23.1 Å². The van der Waals surface area contributed by atoms with Gasteiger partial charge in [-0.05, 0) is 44.2 Å². The fourth-order valence-corrected chi connectivity index (χ4v) is 2.81. The van der Waals surface area contributed by atoms with Gasteiger partial charge in [-0.15, -0.1) is 0 Å². The van der Waals surface area contributed by atoms with Gasteiger partial charge in [-0.1, -0.05) is 12.2 Å². The lowest BCUT2D eigenvalue weighted by Gasteiger charge is -2.34. The van der Waals surface area contributed by atoms with Crippen molar-refractivity contribution < 1.29 is 5.11 Å². The molecule has 0 saturated carbocycles. The van der Waals surface area contributed by atoms with Crippen LogP contribution >= 0.6 is 12.2 Å². The molecule has 0 spiro atoms. The maximum Gasteiger partial charge on any atom is 0.139 e. The predicted molar refractivity (Wildman–Crippen MR) is 81.5 cm³/mol. The first-order chi connectivity index (χ1) is 9.11. The van der Waals surface area contributed by atoms with Gasteiger partial charge in [-0.2, -0.15) is 0 Å². The number of aromatic nitrogens is 1. The second-order valence-electron chi connectivity index (χ2n) is 5.15. The standard InChI is InChI=1S/C14H21N3OS/c1-10-4-5-12(13(15)19)14(16-10)17-7-2-3-11(9-17)6-8-18/h4-5,11,18H,2-3,6-9H2,1H3,(H2,15,19). The minimum atomic E-state index is 0.252. The van der Waals surface area contributed by atoms with Crippen LogP contribution in [0.25, 0.3) is 0 Å². The minimum absolute atomic E-state index is 0.252. The highest BCUT2D eigenvalue weighted by Crippen LogP contribution is 2.26. The summed E-state index contributed by atoms with van der Waals surface area (Å²) in [5, 5.41) is 9.09. The molecule has 2 heterocycles. The van der Waals surface area contributed by atoms with E-state index in [1.165, 1.54) is 6.42 Å². The van der Waals surface area contributed by atoms with Crippen LogP contribution in [0.15, 0.2) is 12.1 Å². The third-order valence-corrected chi connectivity index (χ3v) is 3.86. The third kappa shape index (κ3) is 3.42. The van der Waals surface area contributed by atoms with Crippen LogP contribution in [0.4, 0.5) is 5.82 Å². The molecule has 2 rings (SSSR count). The molecule has 3 N–H and O–H groups in total. The molecular formula is C14H21N3OS. The summed E-state index contributed by atoms with van der Waals surface area (Å²) in [7, 11) is 0. The average molecular weight is 279 g/mol. The number of aliphatic hydroxyl groups is 1. The Kier molecular flexibility index (Phi) is 4.71. The number of anilines is 1. The van der Waals surface area contributed by atoms with Gasteiger partial charge in [0.25, 0.3) is 0 Å². The smallest absolute Gasteiger partial charge is 0.139 e. The van der Waals surface area contributed by atoms with Crippen molar-refractivity contribution in [2.75, 3.05) is 24.6 Å². The van der Waals surface area contributed by atoms with Gasteiger partial charge in [0.1, 0.15) is 10.8 Å². The zero-order chi connectivity index (χ0) is 13.8. The molecule has 1 aromatic heterocycles. The molecule has 4 nitrogen and oxygen atoms in total. The Morgan fingerprint density at radius 2 is 2.37 bits per heavy atom. The van der Waals surface area contributed by atoms with Crippen molar-refractivity contribution in [3.8, 4) is 0 Å². The molecule has 0 amide bonds. The molecule has 1 atom stereocenters. The minimum Gasteiger partial charge on any atom is -0.396 e. The van der Waals surface area contributed by atoms with Crippen LogP contribution in [-0.4, -0.2) is 34.8 Å². The van der Waals surface area contributed by atoms with Gasteiger partial charge in [0, 0.05) is 25.4 Å². The summed E-state index contributed by atoms with van der Waals surface area (Å²) in [5.41, 5.74) is 7.61. The summed E-state index contributed by atoms with van der Waals surface area (Å²) >= 11 is 5.11. The first kappa shape index (κ1) is 14.2. The number of piperidine rings is 1. The molecule has 5 heteroatoms. The van der Waals surface area contributed by atoms with Crippen molar-refractivity contribution in [2.45, 2.75) is 26.2 Å². The van der Waals surface area contributed by atoms with Gasteiger partial charge in [-0.3, -0.25) is 0 Å². The highest BCUT2D eigenvalue weighted by Gasteiger charge is 2.23. The van der Waals surface area contributed by atoms with Crippen LogP contribution in [0.3, 0.4) is 0 Å². The molecule has 104 valence electrons. The van der Waals surface area contributed by atoms with Crippen molar-refractivity contribution in [2.24, 2.45) is 11.7 Å². The Balaban J connectivity index is 2.24. The molecule has 1 unspecified atom stereocenters. The second kappa shape index (κ2) is 6.30. The number of hydrogen-bond acceptors (Lipinski definition) is 4. The average Bonchev–Trinajstić information content (AvgIpc) is 2.39. The fraction of sp³-hybridized carbons (Fsp3) is 0.571. The Bertz CT molecular complexity index is 462. The summed E-state index contributed by atoms with van der Waals surface area (Å²) in [6.45, 7) is 4.13. The summed E-state index contributed by atoms with van der Waals surface area (Å²) in [4.78, 5) is 7.26. The number of thiocarbonyl (C=S) groups is 1. The van der Waals surface area contributed by atoms with Gasteiger partial charge in [0.05, 0.1) is 5.56 Å². The third-order valence-electron chi connectivity index (χ3n) is 3.64. The molecule has 1 fully saturated rings. The Hall–Kier alpha value is -1.20. The van der Waals surface area contributed by atoms with E-state index in [-0.39, 0.29) is 6.61 Å². The number of pyridine rings is 1. The highest BCUT2D eigenvalue weighted by molar-refractivity contribution is 7.80. The molecule has 0 radical (unpaired) electrons. The van der Waals surface area contributed by atoms with E-state index >= 15 is 0 Å². The molecule has 0 bridgehead atoms. The van der Waals surface area contributed by atoms with Crippen molar-refractivity contribution in [1.29, 1.82) is 0 Å². The summed E-state index contributed by atoms with van der Waals surface area (Å²) in [6.07, 6.45) is 3.15. The lowest BCUT2D eigenvalue weighted by atomic mass is 9.95. The molecule has 1 aliphatic heterocycles. The maximum absolute atomic E-state index is 9.09. The van der Waals surface area contributed by atoms with E-state index in [1.54, 1.807) is 0 Å². The normalized spacial score (nSPS) is 19.5. The topological polar surface area (TPSA) is 62.4 Å². The highest BCUT2D eigenvalue weighted by atomic mass is 32.1. The van der Waals surface area contributed by atoms with Crippen LogP contribution in [0.1, 0.15) is 30.5 Å². The zero-order valence-corrected chi connectivity index (χ0v) is 12.1. The number of hydrogen-bond donors (Lipinski definition) is 2. The van der Waals surface area contributed by atoms with Gasteiger partial charge < -0.3 is 15.7 Å². The lowest BCUT2D eigenvalue weighted by Crippen LogP contribution is -2.37. The van der Waals surface area contributed by atoms with Crippen LogP contribution in [0.5, 0.6) is 0 Å². The van der Waals surface area contributed by atoms with Crippen LogP contribution in [-0.2, 0) is 0 Å². The monoisotopic (exact) mass is 279 g/mol. The predicted octanol–water partition coefficient (Wildman–Crippen LogP) is 1.62. The van der Waals surface area contributed by atoms with E-state index < -0.39 is 0 Å². The van der Waals surface area contributed by atoms with Crippen LogP contribution in [0.2, 0.25) is 0 Å². The molecule has 0 aliphatic carbocycles. The number of nitrogens with zero attached hydrogens (tertiary/aromatic N) is 2. The molecule has 1 aromatic rings. The molecule has 1 saturated heterocycles. The maximum atomic E-state index is 9.09. The largest absolute Gasteiger partial charge is 0.396 e. The summed E-state index contributed by atoms with van der Waals surface area (Å²) in [5.74, 6) is 1.43. The van der Waals surface area contributed by atoms with Crippen molar-refractivity contribution >= 4 is 23.0 Å². The van der Waals surface area contributed by atoms with Gasteiger partial charge in [0.2, 0.25) is 0 Å². The number of aryl methyl sites for hydroxylation is 1. The van der Waals surface area contributed by atoms with Crippen molar-refractivity contribution in [1.82, 2.24) is 4.98 Å². The first-order valence-electron chi connectivity index (χ1n) is 6.75. The Morgan fingerprint density at radius 3 is 3.05 bits per heavy atom. The van der Waals surface area contributed by atoms with Gasteiger partial charge in [-0.25, -0.2) is 4.98 Å². The summed E-state index contributed by atoms with van der Waals surface area (Å²) in [6, 6.07) is 3.89. The lowest BCUT2D eigenvalue weighted by molar-refractivity contribution is 0.244. The Morgan fingerprint density at radius 1 is 1.58 bits per heavy atom. The van der Waals surface area contributed by atoms with Crippen LogP contribution < -0.4 is 10.6 Å². The molecular weight excluding hydrogens is 258 g/mol. The van der Waals surface area contributed by atoms with Crippen molar-refractivity contribution in [3.63, 3.8) is 0 Å². The molecule has 0 aromatic carbocycles. The van der Waals surface area contributed by atoms with E-state index in [0.717, 1.165) is 43.0 Å². The van der Waals surface area contributed by atoms with E-state index in [9.17, 15) is 0 Å². The van der Waals surface area contributed by atoms with E-state index in [2.05, 4.69) is 9.88 Å². The SMILES string of the molecule is Cc1ccc(C(N)=S)c(N2CCCC(CCO)C2)n1.